The van der Waals surface area contributed by atoms with Gasteiger partial charge >= 0.3 is 0 Å². The van der Waals surface area contributed by atoms with Crippen molar-refractivity contribution < 1.29 is 10.3 Å². The summed E-state index contributed by atoms with van der Waals surface area (Å²) in [5, 5.41) is 18.2. The third-order valence-corrected chi connectivity index (χ3v) is 2.40. The van der Waals surface area contributed by atoms with Crippen molar-refractivity contribution in [2.24, 2.45) is 0 Å². The lowest BCUT2D eigenvalue weighted by Gasteiger charge is -2.08. The molecule has 3 heteroatoms. The molecule has 3 N–H and O–H groups in total. The molecule has 0 fully saturated rings. The first-order chi connectivity index (χ1) is 5.83. The Morgan fingerprint density at radius 2 is 2.25 bits per heavy atom. The zero-order valence-electron chi connectivity index (χ0n) is 6.62. The van der Waals surface area contributed by atoms with Gasteiger partial charge in [0.05, 0.1) is 6.04 Å². The molecular formula is C9H11NO2. The molecule has 0 aliphatic heterocycles. The number of hydrogen-bond acceptors (Lipinski definition) is 3. The highest BCUT2D eigenvalue weighted by Crippen LogP contribution is 2.35. The van der Waals surface area contributed by atoms with Crippen LogP contribution in [0.3, 0.4) is 0 Å². The predicted octanol–water partition coefficient (Wildman–Crippen LogP) is 1.36. The van der Waals surface area contributed by atoms with E-state index >= 15 is 0 Å². The van der Waals surface area contributed by atoms with Gasteiger partial charge in [0.1, 0.15) is 5.75 Å². The molecule has 1 aliphatic carbocycles. The van der Waals surface area contributed by atoms with E-state index in [9.17, 15) is 5.11 Å². The van der Waals surface area contributed by atoms with Crippen LogP contribution in [0.1, 0.15) is 23.6 Å². The van der Waals surface area contributed by atoms with Crippen LogP contribution in [0.2, 0.25) is 0 Å². The van der Waals surface area contributed by atoms with Crippen LogP contribution < -0.4 is 5.48 Å². The molecule has 1 aromatic rings. The van der Waals surface area contributed by atoms with Gasteiger partial charge in [-0.15, -0.1) is 0 Å². The van der Waals surface area contributed by atoms with Crippen LogP contribution in [0, 0.1) is 0 Å². The molecule has 1 aliphatic rings. The van der Waals surface area contributed by atoms with Crippen LogP contribution >= 0.6 is 0 Å². The Balaban J connectivity index is 2.46. The molecule has 64 valence electrons. The summed E-state index contributed by atoms with van der Waals surface area (Å²) in [6.07, 6.45) is 1.68. The number of rotatable bonds is 1. The number of hydroxylamine groups is 1. The van der Waals surface area contributed by atoms with Crippen molar-refractivity contribution in [1.29, 1.82) is 0 Å². The Morgan fingerprint density at radius 1 is 1.42 bits per heavy atom. The van der Waals surface area contributed by atoms with Gasteiger partial charge in [-0.2, -0.15) is 5.48 Å². The van der Waals surface area contributed by atoms with Gasteiger partial charge in [0, 0.05) is 0 Å². The lowest BCUT2D eigenvalue weighted by atomic mass is 10.1. The molecular weight excluding hydrogens is 154 g/mol. The van der Waals surface area contributed by atoms with E-state index in [1.807, 2.05) is 6.07 Å². The smallest absolute Gasteiger partial charge is 0.119 e. The molecule has 1 unspecified atom stereocenters. The molecule has 0 spiro atoms. The van der Waals surface area contributed by atoms with E-state index in [-0.39, 0.29) is 6.04 Å². The standard InChI is InChI=1S/C9H11NO2/c11-9-3-1-2-6-7(9)4-5-8(6)10-12/h1-3,8,10-12H,4-5H2. The van der Waals surface area contributed by atoms with Crippen LogP contribution in [-0.2, 0) is 6.42 Å². The first-order valence-electron chi connectivity index (χ1n) is 4.03. The average Bonchev–Trinajstić information content (AvgIpc) is 2.49. The minimum Gasteiger partial charge on any atom is -0.508 e. The lowest BCUT2D eigenvalue weighted by molar-refractivity contribution is 0.126. The minimum absolute atomic E-state index is 0.00731. The van der Waals surface area contributed by atoms with Crippen molar-refractivity contribution in [1.82, 2.24) is 5.48 Å². The monoisotopic (exact) mass is 165 g/mol. The second-order valence-electron chi connectivity index (χ2n) is 3.07. The molecule has 0 saturated carbocycles. The fourth-order valence-corrected chi connectivity index (χ4v) is 1.77. The van der Waals surface area contributed by atoms with Gasteiger partial charge in [-0.1, -0.05) is 12.1 Å². The van der Waals surface area contributed by atoms with Gasteiger partial charge in [-0.3, -0.25) is 0 Å². The predicted molar refractivity (Wildman–Crippen MR) is 44.1 cm³/mol. The molecule has 0 saturated heterocycles. The maximum absolute atomic E-state index is 9.44. The van der Waals surface area contributed by atoms with Crippen molar-refractivity contribution in [3.05, 3.63) is 29.3 Å². The normalized spacial score (nSPS) is 20.9. The highest BCUT2D eigenvalue weighted by atomic mass is 16.5. The van der Waals surface area contributed by atoms with Crippen molar-refractivity contribution in [3.8, 4) is 5.75 Å². The number of benzene rings is 1. The van der Waals surface area contributed by atoms with Crippen molar-refractivity contribution in [3.63, 3.8) is 0 Å². The van der Waals surface area contributed by atoms with Gasteiger partial charge in [0.15, 0.2) is 0 Å². The molecule has 1 atom stereocenters. The Labute approximate surface area is 70.6 Å². The number of fused-ring (bicyclic) bond motifs is 1. The van der Waals surface area contributed by atoms with Crippen LogP contribution in [0.15, 0.2) is 18.2 Å². The zero-order chi connectivity index (χ0) is 8.55. The van der Waals surface area contributed by atoms with E-state index in [0.717, 1.165) is 24.0 Å². The van der Waals surface area contributed by atoms with Gasteiger partial charge in [-0.05, 0) is 30.0 Å². The van der Waals surface area contributed by atoms with Crippen LogP contribution in [0.4, 0.5) is 0 Å². The average molecular weight is 165 g/mol. The Hall–Kier alpha value is -1.06. The summed E-state index contributed by atoms with van der Waals surface area (Å²) in [5.74, 6) is 0.338. The fourth-order valence-electron chi connectivity index (χ4n) is 1.77. The quantitative estimate of drug-likeness (QED) is 0.551. The summed E-state index contributed by atoms with van der Waals surface area (Å²) < 4.78 is 0. The molecule has 2 rings (SSSR count). The van der Waals surface area contributed by atoms with Gasteiger partial charge in [0.2, 0.25) is 0 Å². The number of phenols is 1. The van der Waals surface area contributed by atoms with E-state index in [0.29, 0.717) is 5.75 Å². The Bertz CT molecular complexity index is 299. The van der Waals surface area contributed by atoms with Crippen molar-refractivity contribution >= 4 is 0 Å². The van der Waals surface area contributed by atoms with E-state index < -0.39 is 0 Å². The number of nitrogens with one attached hydrogen (secondary N) is 1. The SMILES string of the molecule is ONC1CCc2c(O)cccc21. The molecule has 1 aromatic carbocycles. The second kappa shape index (κ2) is 2.77. The van der Waals surface area contributed by atoms with Gasteiger partial charge in [0.25, 0.3) is 0 Å². The summed E-state index contributed by atoms with van der Waals surface area (Å²) in [4.78, 5) is 0. The van der Waals surface area contributed by atoms with Crippen LogP contribution in [0.25, 0.3) is 0 Å². The molecule has 0 amide bonds. The van der Waals surface area contributed by atoms with Crippen LogP contribution in [-0.4, -0.2) is 10.3 Å². The topological polar surface area (TPSA) is 52.5 Å². The second-order valence-corrected chi connectivity index (χ2v) is 3.07. The molecule has 0 bridgehead atoms. The summed E-state index contributed by atoms with van der Waals surface area (Å²) in [7, 11) is 0. The lowest BCUT2D eigenvalue weighted by Crippen LogP contribution is -2.13. The van der Waals surface area contributed by atoms with Crippen molar-refractivity contribution in [2.75, 3.05) is 0 Å². The number of hydrogen-bond donors (Lipinski definition) is 3. The largest absolute Gasteiger partial charge is 0.508 e. The fraction of sp³-hybridized carbons (Fsp3) is 0.333. The van der Waals surface area contributed by atoms with E-state index in [4.69, 9.17) is 5.21 Å². The summed E-state index contributed by atoms with van der Waals surface area (Å²) >= 11 is 0. The molecule has 12 heavy (non-hydrogen) atoms. The van der Waals surface area contributed by atoms with E-state index in [1.54, 1.807) is 12.1 Å². The minimum atomic E-state index is -0.00731. The van der Waals surface area contributed by atoms with Gasteiger partial charge < -0.3 is 10.3 Å². The molecule has 0 radical (unpaired) electrons. The highest BCUT2D eigenvalue weighted by molar-refractivity contribution is 5.43. The maximum atomic E-state index is 9.44. The van der Waals surface area contributed by atoms with Gasteiger partial charge in [-0.25, -0.2) is 0 Å². The first kappa shape index (κ1) is 7.58. The Kier molecular flexibility index (Phi) is 1.75. The summed E-state index contributed by atoms with van der Waals surface area (Å²) in [5.41, 5.74) is 4.21. The maximum Gasteiger partial charge on any atom is 0.119 e. The zero-order valence-corrected chi connectivity index (χ0v) is 6.62. The van der Waals surface area contributed by atoms with Crippen molar-refractivity contribution in [2.45, 2.75) is 18.9 Å². The molecule has 3 nitrogen and oxygen atoms in total. The molecule has 0 heterocycles. The number of phenolic OH excluding ortho intramolecular Hbond substituents is 1. The summed E-state index contributed by atoms with van der Waals surface area (Å²) in [6.45, 7) is 0. The summed E-state index contributed by atoms with van der Waals surface area (Å²) in [6, 6.07) is 5.39. The third kappa shape index (κ3) is 0.983. The first-order valence-corrected chi connectivity index (χ1v) is 4.03. The Morgan fingerprint density at radius 3 is 3.00 bits per heavy atom. The van der Waals surface area contributed by atoms with E-state index in [1.165, 1.54) is 0 Å². The highest BCUT2D eigenvalue weighted by Gasteiger charge is 2.23. The van der Waals surface area contributed by atoms with E-state index in [2.05, 4.69) is 5.48 Å². The third-order valence-electron chi connectivity index (χ3n) is 2.40. The number of aromatic hydroxyl groups is 1. The molecule has 0 aromatic heterocycles. The van der Waals surface area contributed by atoms with Crippen LogP contribution in [0.5, 0.6) is 5.75 Å².